The van der Waals surface area contributed by atoms with E-state index in [-0.39, 0.29) is 17.8 Å². The smallest absolute Gasteiger partial charge is 0.222 e. The Hall–Kier alpha value is -2.31. The van der Waals surface area contributed by atoms with E-state index in [1.54, 1.807) is 24.5 Å². The molecule has 1 fully saturated rings. The zero-order valence-corrected chi connectivity index (χ0v) is 15.1. The summed E-state index contributed by atoms with van der Waals surface area (Å²) in [4.78, 5) is 21.2. The van der Waals surface area contributed by atoms with Gasteiger partial charge in [0.05, 0.1) is 6.04 Å². The Balaban J connectivity index is 1.63. The predicted molar refractivity (Wildman–Crippen MR) is 99.2 cm³/mol. The third-order valence-electron chi connectivity index (χ3n) is 4.80. The molecule has 5 nitrogen and oxygen atoms in total. The average molecular weight is 356 g/mol. The monoisotopic (exact) mass is 356 g/mol. The first-order valence-electron chi connectivity index (χ1n) is 8.97. The number of likely N-dealkylation sites (N-methyl/N-ethyl adjacent to an activating group) is 1. The van der Waals surface area contributed by atoms with Gasteiger partial charge >= 0.3 is 0 Å². The fraction of sp³-hybridized carbons (Fsp3) is 0.400. The third-order valence-corrected chi connectivity index (χ3v) is 4.80. The highest BCUT2D eigenvalue weighted by Gasteiger charge is 2.19. The molecule has 2 aromatic rings. The molecule has 26 heavy (non-hydrogen) atoms. The number of piperazine rings is 1. The van der Waals surface area contributed by atoms with E-state index in [2.05, 4.69) is 27.1 Å². The summed E-state index contributed by atoms with van der Waals surface area (Å²) >= 11 is 0. The molecule has 6 heteroatoms. The number of halogens is 1. The minimum Gasteiger partial charge on any atom is -0.345 e. The largest absolute Gasteiger partial charge is 0.345 e. The van der Waals surface area contributed by atoms with Crippen LogP contribution in [0.1, 0.15) is 23.6 Å². The summed E-state index contributed by atoms with van der Waals surface area (Å²) in [5, 5.41) is 3.09. The van der Waals surface area contributed by atoms with Gasteiger partial charge in [-0.15, -0.1) is 0 Å². The van der Waals surface area contributed by atoms with Crippen LogP contribution in [0.25, 0.3) is 0 Å². The van der Waals surface area contributed by atoms with Crippen molar-refractivity contribution >= 4 is 5.91 Å². The van der Waals surface area contributed by atoms with Crippen molar-refractivity contribution in [2.24, 2.45) is 0 Å². The first kappa shape index (κ1) is 18.5. The number of carbonyl (C=O) groups excluding carboxylic acids is 1. The second-order valence-electron chi connectivity index (χ2n) is 6.73. The molecule has 138 valence electrons. The standard InChI is InChI=1S/C20H25FN4O/c1-24-12-14-25(15-13-24)11-8-19(26)23-20(17-6-9-22-10-7-17)16-2-4-18(21)5-3-16/h2-7,9-10,20H,8,11-15H2,1H3,(H,23,26)/t20-/m1/s1. The fourth-order valence-electron chi connectivity index (χ4n) is 3.13. The molecule has 1 atom stereocenters. The predicted octanol–water partition coefficient (Wildman–Crippen LogP) is 2.06. The molecule has 0 saturated carbocycles. The lowest BCUT2D eigenvalue weighted by Crippen LogP contribution is -2.45. The SMILES string of the molecule is CN1CCN(CCC(=O)N[C@@H](c2ccncc2)c2ccc(F)cc2)CC1. The Morgan fingerprint density at radius 1 is 1.08 bits per heavy atom. The molecule has 3 rings (SSSR count). The average Bonchev–Trinajstić information content (AvgIpc) is 2.67. The number of amides is 1. The van der Waals surface area contributed by atoms with E-state index in [4.69, 9.17) is 0 Å². The Bertz CT molecular complexity index is 700. The minimum atomic E-state index is -0.307. The summed E-state index contributed by atoms with van der Waals surface area (Å²) in [6.07, 6.45) is 3.84. The van der Waals surface area contributed by atoms with Crippen molar-refractivity contribution in [3.8, 4) is 0 Å². The van der Waals surface area contributed by atoms with Crippen molar-refractivity contribution in [3.63, 3.8) is 0 Å². The van der Waals surface area contributed by atoms with Gasteiger partial charge < -0.3 is 15.1 Å². The molecule has 1 aromatic carbocycles. The van der Waals surface area contributed by atoms with Crippen LogP contribution in [-0.2, 0) is 4.79 Å². The van der Waals surface area contributed by atoms with Crippen LogP contribution in [0.4, 0.5) is 4.39 Å². The number of pyridine rings is 1. The van der Waals surface area contributed by atoms with E-state index in [0.29, 0.717) is 6.42 Å². The van der Waals surface area contributed by atoms with Gasteiger partial charge in [-0.05, 0) is 42.4 Å². The van der Waals surface area contributed by atoms with Crippen molar-refractivity contribution < 1.29 is 9.18 Å². The summed E-state index contributed by atoms with van der Waals surface area (Å²) in [6.45, 7) is 4.82. The van der Waals surface area contributed by atoms with E-state index in [1.165, 1.54) is 12.1 Å². The van der Waals surface area contributed by atoms with E-state index in [1.807, 2.05) is 12.1 Å². The quantitative estimate of drug-likeness (QED) is 0.861. The molecule has 0 unspecified atom stereocenters. The minimum absolute atomic E-state index is 0.00457. The molecule has 0 aliphatic carbocycles. The van der Waals surface area contributed by atoms with Crippen LogP contribution in [0, 0.1) is 5.82 Å². The van der Waals surface area contributed by atoms with Crippen molar-refractivity contribution in [1.82, 2.24) is 20.1 Å². The van der Waals surface area contributed by atoms with Crippen LogP contribution < -0.4 is 5.32 Å². The maximum Gasteiger partial charge on any atom is 0.222 e. The van der Waals surface area contributed by atoms with Gasteiger partial charge in [0.1, 0.15) is 5.82 Å². The van der Waals surface area contributed by atoms with E-state index in [0.717, 1.165) is 43.9 Å². The van der Waals surface area contributed by atoms with Gasteiger partial charge in [-0.3, -0.25) is 9.78 Å². The van der Waals surface area contributed by atoms with Gasteiger partial charge in [0.2, 0.25) is 5.91 Å². The van der Waals surface area contributed by atoms with Crippen molar-refractivity contribution in [2.75, 3.05) is 39.8 Å². The number of carbonyl (C=O) groups is 1. The molecule has 1 aromatic heterocycles. The number of nitrogens with zero attached hydrogens (tertiary/aromatic N) is 3. The van der Waals surface area contributed by atoms with E-state index < -0.39 is 0 Å². The van der Waals surface area contributed by atoms with Crippen LogP contribution in [0.15, 0.2) is 48.8 Å². The van der Waals surface area contributed by atoms with Gasteiger partial charge in [0, 0.05) is 51.5 Å². The highest BCUT2D eigenvalue weighted by molar-refractivity contribution is 5.77. The highest BCUT2D eigenvalue weighted by atomic mass is 19.1. The molecule has 0 spiro atoms. The molecule has 0 bridgehead atoms. The van der Waals surface area contributed by atoms with Gasteiger partial charge in [0.15, 0.2) is 0 Å². The van der Waals surface area contributed by atoms with Crippen LogP contribution >= 0.6 is 0 Å². The van der Waals surface area contributed by atoms with E-state index in [9.17, 15) is 9.18 Å². The van der Waals surface area contributed by atoms with Gasteiger partial charge in [0.25, 0.3) is 0 Å². The Morgan fingerprint density at radius 3 is 2.35 bits per heavy atom. The molecule has 1 amide bonds. The lowest BCUT2D eigenvalue weighted by Gasteiger charge is -2.32. The normalized spacial score (nSPS) is 17.0. The number of aromatic nitrogens is 1. The number of benzene rings is 1. The van der Waals surface area contributed by atoms with Crippen molar-refractivity contribution in [3.05, 3.63) is 65.7 Å². The highest BCUT2D eigenvalue weighted by Crippen LogP contribution is 2.22. The molecular weight excluding hydrogens is 331 g/mol. The molecular formula is C20H25FN4O. The summed E-state index contributed by atoms with van der Waals surface area (Å²) in [7, 11) is 2.12. The molecule has 1 saturated heterocycles. The van der Waals surface area contributed by atoms with Crippen LogP contribution in [0.5, 0.6) is 0 Å². The zero-order chi connectivity index (χ0) is 18.4. The summed E-state index contributed by atoms with van der Waals surface area (Å²) in [5.74, 6) is -0.293. The summed E-state index contributed by atoms with van der Waals surface area (Å²) in [5.41, 5.74) is 1.78. The molecule has 1 N–H and O–H groups in total. The van der Waals surface area contributed by atoms with Gasteiger partial charge in [-0.2, -0.15) is 0 Å². The van der Waals surface area contributed by atoms with E-state index >= 15 is 0 Å². The molecule has 1 aliphatic rings. The first-order valence-corrected chi connectivity index (χ1v) is 8.97. The Labute approximate surface area is 153 Å². The fourth-order valence-corrected chi connectivity index (χ4v) is 3.13. The van der Waals surface area contributed by atoms with Crippen LogP contribution in [0.3, 0.4) is 0 Å². The number of hydrogen-bond donors (Lipinski definition) is 1. The Kier molecular flexibility index (Phi) is 6.30. The molecule has 0 radical (unpaired) electrons. The summed E-state index contributed by atoms with van der Waals surface area (Å²) in [6, 6.07) is 9.68. The number of hydrogen-bond acceptors (Lipinski definition) is 4. The maximum atomic E-state index is 13.3. The zero-order valence-electron chi connectivity index (χ0n) is 15.1. The lowest BCUT2D eigenvalue weighted by molar-refractivity contribution is -0.122. The lowest BCUT2D eigenvalue weighted by atomic mass is 9.99. The van der Waals surface area contributed by atoms with Gasteiger partial charge in [-0.25, -0.2) is 4.39 Å². The second kappa shape index (κ2) is 8.87. The van der Waals surface area contributed by atoms with Gasteiger partial charge in [-0.1, -0.05) is 12.1 Å². The Morgan fingerprint density at radius 2 is 1.69 bits per heavy atom. The number of rotatable bonds is 6. The maximum absolute atomic E-state index is 13.3. The van der Waals surface area contributed by atoms with Crippen molar-refractivity contribution in [1.29, 1.82) is 0 Å². The van der Waals surface area contributed by atoms with Crippen molar-refractivity contribution in [2.45, 2.75) is 12.5 Å². The molecule has 1 aliphatic heterocycles. The first-order chi connectivity index (χ1) is 12.6. The van der Waals surface area contributed by atoms with Crippen LogP contribution in [0.2, 0.25) is 0 Å². The van der Waals surface area contributed by atoms with Crippen LogP contribution in [-0.4, -0.2) is 60.5 Å². The number of nitrogens with one attached hydrogen (secondary N) is 1. The molecule has 2 heterocycles. The third kappa shape index (κ3) is 5.09. The topological polar surface area (TPSA) is 48.5 Å². The second-order valence-corrected chi connectivity index (χ2v) is 6.73. The summed E-state index contributed by atoms with van der Waals surface area (Å²) < 4.78 is 13.3.